The van der Waals surface area contributed by atoms with Crippen molar-refractivity contribution in [2.75, 3.05) is 39.3 Å². The zero-order valence-corrected chi connectivity index (χ0v) is 17.3. The molecule has 0 aliphatic rings. The number of aliphatic hydroxyl groups excluding tert-OH is 1. The maximum Gasteiger partial charge on any atom is 0.313 e. The number of nitrogens with zero attached hydrogens (tertiary/aromatic N) is 2. The number of aliphatic hydroxyl groups is 1. The largest absolute Gasteiger partial charge is 0.508 e. The second-order valence-electron chi connectivity index (χ2n) is 6.70. The number of aromatic hydroxyl groups is 1. The van der Waals surface area contributed by atoms with Gasteiger partial charge in [-0.1, -0.05) is 19.0 Å². The number of likely N-dealkylation sites (N-methyl/N-ethyl adjacent to an activating group) is 1. The SMILES string of the molecule is CCOC(=O)C(CNCCN(CC)CC)C(O)c1cc(-c2ccc(O)cc2)no1. The van der Waals surface area contributed by atoms with Crippen molar-refractivity contribution >= 4 is 5.97 Å². The molecule has 1 heterocycles. The van der Waals surface area contributed by atoms with Crippen LogP contribution >= 0.6 is 0 Å². The van der Waals surface area contributed by atoms with Crippen molar-refractivity contribution in [3.05, 3.63) is 36.1 Å². The lowest BCUT2D eigenvalue weighted by molar-refractivity contribution is -0.152. The number of esters is 1. The van der Waals surface area contributed by atoms with E-state index in [2.05, 4.69) is 29.2 Å². The Morgan fingerprint density at radius 2 is 1.93 bits per heavy atom. The minimum Gasteiger partial charge on any atom is -0.508 e. The summed E-state index contributed by atoms with van der Waals surface area (Å²) < 4.78 is 10.4. The summed E-state index contributed by atoms with van der Waals surface area (Å²) in [5.74, 6) is -0.961. The van der Waals surface area contributed by atoms with Crippen molar-refractivity contribution in [1.29, 1.82) is 0 Å². The Morgan fingerprint density at radius 1 is 1.24 bits per heavy atom. The van der Waals surface area contributed by atoms with Crippen LogP contribution in [0.25, 0.3) is 11.3 Å². The van der Waals surface area contributed by atoms with Crippen LogP contribution in [0.4, 0.5) is 0 Å². The molecule has 2 unspecified atom stereocenters. The van der Waals surface area contributed by atoms with Crippen LogP contribution in [-0.2, 0) is 9.53 Å². The molecule has 29 heavy (non-hydrogen) atoms. The van der Waals surface area contributed by atoms with E-state index in [0.717, 1.165) is 25.2 Å². The lowest BCUT2D eigenvalue weighted by atomic mass is 9.99. The third-order valence-corrected chi connectivity index (χ3v) is 4.82. The molecule has 0 radical (unpaired) electrons. The molecule has 2 atom stereocenters. The number of rotatable bonds is 12. The first-order chi connectivity index (χ1) is 14.0. The Morgan fingerprint density at radius 3 is 2.55 bits per heavy atom. The third-order valence-electron chi connectivity index (χ3n) is 4.82. The number of nitrogens with one attached hydrogen (secondary N) is 1. The highest BCUT2D eigenvalue weighted by atomic mass is 16.5. The van der Waals surface area contributed by atoms with Crippen LogP contribution in [0.15, 0.2) is 34.9 Å². The molecule has 0 spiro atoms. The number of phenols is 1. The van der Waals surface area contributed by atoms with Crippen molar-refractivity contribution in [1.82, 2.24) is 15.4 Å². The first-order valence-electron chi connectivity index (χ1n) is 10.0. The van der Waals surface area contributed by atoms with Gasteiger partial charge in [0.05, 0.1) is 6.61 Å². The number of aromatic nitrogens is 1. The van der Waals surface area contributed by atoms with Gasteiger partial charge in [-0.05, 0) is 44.3 Å². The number of hydrogen-bond donors (Lipinski definition) is 3. The number of ether oxygens (including phenoxy) is 1. The van der Waals surface area contributed by atoms with Gasteiger partial charge in [-0.15, -0.1) is 0 Å². The van der Waals surface area contributed by atoms with Gasteiger partial charge in [0.25, 0.3) is 0 Å². The molecule has 0 fully saturated rings. The van der Waals surface area contributed by atoms with Crippen molar-refractivity contribution < 1.29 is 24.3 Å². The lowest BCUT2D eigenvalue weighted by Crippen LogP contribution is -2.38. The van der Waals surface area contributed by atoms with Crippen LogP contribution in [0.1, 0.15) is 32.6 Å². The predicted octanol–water partition coefficient (Wildman–Crippen LogP) is 2.19. The fourth-order valence-electron chi connectivity index (χ4n) is 3.00. The smallest absolute Gasteiger partial charge is 0.313 e. The predicted molar refractivity (Wildman–Crippen MR) is 109 cm³/mol. The molecule has 0 amide bonds. The fraction of sp³-hybridized carbons (Fsp3) is 0.524. The molecule has 2 rings (SSSR count). The summed E-state index contributed by atoms with van der Waals surface area (Å²) in [7, 11) is 0. The van der Waals surface area contributed by atoms with Gasteiger partial charge in [0.15, 0.2) is 5.76 Å². The summed E-state index contributed by atoms with van der Waals surface area (Å²) in [5, 5.41) is 27.4. The molecule has 0 bridgehead atoms. The number of carbonyl (C=O) groups is 1. The average molecular weight is 405 g/mol. The normalized spacial score (nSPS) is 13.4. The Bertz CT molecular complexity index is 743. The summed E-state index contributed by atoms with van der Waals surface area (Å²) >= 11 is 0. The topological polar surface area (TPSA) is 108 Å². The van der Waals surface area contributed by atoms with Crippen LogP contribution in [0, 0.1) is 5.92 Å². The van der Waals surface area contributed by atoms with E-state index in [9.17, 15) is 15.0 Å². The molecule has 0 aliphatic carbocycles. The van der Waals surface area contributed by atoms with Crippen molar-refractivity contribution in [2.24, 2.45) is 5.92 Å². The molecule has 2 aromatic rings. The highest BCUT2D eigenvalue weighted by Crippen LogP contribution is 2.28. The summed E-state index contributed by atoms with van der Waals surface area (Å²) in [6.07, 6.45) is -1.19. The van der Waals surface area contributed by atoms with Crippen molar-refractivity contribution in [3.63, 3.8) is 0 Å². The molecular formula is C21H31N3O5. The lowest BCUT2D eigenvalue weighted by Gasteiger charge is -2.22. The van der Waals surface area contributed by atoms with E-state index in [1.54, 1.807) is 37.3 Å². The van der Waals surface area contributed by atoms with Crippen LogP contribution < -0.4 is 5.32 Å². The van der Waals surface area contributed by atoms with Gasteiger partial charge in [0, 0.05) is 31.3 Å². The van der Waals surface area contributed by atoms with Crippen LogP contribution in [0.3, 0.4) is 0 Å². The van der Waals surface area contributed by atoms with Gasteiger partial charge in [0.1, 0.15) is 23.5 Å². The first-order valence-corrected chi connectivity index (χ1v) is 10.0. The second-order valence-corrected chi connectivity index (χ2v) is 6.70. The van der Waals surface area contributed by atoms with Crippen LogP contribution in [-0.4, -0.2) is 65.6 Å². The zero-order chi connectivity index (χ0) is 21.2. The summed E-state index contributed by atoms with van der Waals surface area (Å²) in [4.78, 5) is 14.7. The molecule has 8 heteroatoms. The maximum absolute atomic E-state index is 12.4. The van der Waals surface area contributed by atoms with Gasteiger partial charge in [-0.3, -0.25) is 4.79 Å². The Labute approximate surface area is 171 Å². The molecule has 0 aliphatic heterocycles. The van der Waals surface area contributed by atoms with Crippen LogP contribution in [0.5, 0.6) is 5.75 Å². The van der Waals surface area contributed by atoms with E-state index < -0.39 is 18.0 Å². The number of benzene rings is 1. The third kappa shape index (κ3) is 6.56. The Kier molecular flexibility index (Phi) is 9.11. The monoisotopic (exact) mass is 405 g/mol. The zero-order valence-electron chi connectivity index (χ0n) is 17.3. The number of hydrogen-bond acceptors (Lipinski definition) is 8. The average Bonchev–Trinajstić information content (AvgIpc) is 3.21. The summed E-state index contributed by atoms with van der Waals surface area (Å²) in [6, 6.07) is 8.07. The number of phenolic OH excluding ortho intramolecular Hbond substituents is 1. The summed E-state index contributed by atoms with van der Waals surface area (Å²) in [6.45, 7) is 9.89. The number of carbonyl (C=O) groups excluding carboxylic acids is 1. The minimum absolute atomic E-state index is 0.149. The summed E-state index contributed by atoms with van der Waals surface area (Å²) in [5.41, 5.74) is 1.24. The van der Waals surface area contributed by atoms with Crippen molar-refractivity contribution in [2.45, 2.75) is 26.9 Å². The Hall–Kier alpha value is -2.42. The van der Waals surface area contributed by atoms with Gasteiger partial charge in [-0.25, -0.2) is 0 Å². The molecule has 0 saturated heterocycles. The molecule has 160 valence electrons. The molecule has 8 nitrogen and oxygen atoms in total. The highest BCUT2D eigenvalue weighted by Gasteiger charge is 2.32. The molecule has 1 aromatic carbocycles. The second kappa shape index (κ2) is 11.5. The Balaban J connectivity index is 2.05. The molecular weight excluding hydrogens is 374 g/mol. The van der Waals surface area contributed by atoms with E-state index >= 15 is 0 Å². The van der Waals surface area contributed by atoms with Crippen LogP contribution in [0.2, 0.25) is 0 Å². The van der Waals surface area contributed by atoms with Gasteiger partial charge in [-0.2, -0.15) is 0 Å². The maximum atomic E-state index is 12.4. The molecule has 3 N–H and O–H groups in total. The highest BCUT2D eigenvalue weighted by molar-refractivity contribution is 5.73. The van der Waals surface area contributed by atoms with Gasteiger partial charge >= 0.3 is 5.97 Å². The van der Waals surface area contributed by atoms with E-state index in [-0.39, 0.29) is 24.7 Å². The van der Waals surface area contributed by atoms with Gasteiger partial charge in [0.2, 0.25) is 0 Å². The van der Waals surface area contributed by atoms with E-state index in [4.69, 9.17) is 9.26 Å². The van der Waals surface area contributed by atoms with Crippen molar-refractivity contribution in [3.8, 4) is 17.0 Å². The first kappa shape index (κ1) is 22.9. The fourth-order valence-corrected chi connectivity index (χ4v) is 3.00. The molecule has 0 saturated carbocycles. The van der Waals surface area contributed by atoms with E-state index in [0.29, 0.717) is 12.2 Å². The minimum atomic E-state index is -1.19. The van der Waals surface area contributed by atoms with E-state index in [1.807, 2.05) is 0 Å². The van der Waals surface area contributed by atoms with E-state index in [1.165, 1.54) is 0 Å². The molecule has 1 aromatic heterocycles. The standard InChI is InChI=1S/C21H31N3O5/c1-4-24(5-2)12-11-22-14-17(21(27)28-6-3)20(26)19-13-18(23-29-19)15-7-9-16(25)10-8-15/h7-10,13,17,20,22,25-26H,4-6,11-12,14H2,1-3H3. The quantitative estimate of drug-likeness (QED) is 0.364. The van der Waals surface area contributed by atoms with Gasteiger partial charge < -0.3 is 29.7 Å².